The number of hydrogen-bond donors (Lipinski definition) is 0. The van der Waals surface area contributed by atoms with E-state index in [1.54, 1.807) is 12.1 Å². The molecular formula is C12H13FN2O. The minimum Gasteiger partial charge on any atom is -0.426 e. The number of aryl methyl sites for hydroxylation is 2. The molecule has 3 nitrogen and oxygen atoms in total. The Labute approximate surface area is 93.5 Å². The Morgan fingerprint density at radius 3 is 2.62 bits per heavy atom. The quantitative estimate of drug-likeness (QED) is 0.794. The third-order valence-corrected chi connectivity index (χ3v) is 2.22. The van der Waals surface area contributed by atoms with Gasteiger partial charge in [0.25, 0.3) is 0 Å². The van der Waals surface area contributed by atoms with E-state index in [9.17, 15) is 4.39 Å². The lowest BCUT2D eigenvalue weighted by atomic mass is 10.3. The van der Waals surface area contributed by atoms with Gasteiger partial charge in [0.2, 0.25) is 0 Å². The van der Waals surface area contributed by atoms with Crippen molar-refractivity contribution in [1.82, 2.24) is 9.55 Å². The third kappa shape index (κ3) is 2.21. The van der Waals surface area contributed by atoms with Crippen molar-refractivity contribution in [3.05, 3.63) is 42.0 Å². The maximum absolute atomic E-state index is 12.7. The highest BCUT2D eigenvalue weighted by Gasteiger charge is 2.06. The summed E-state index contributed by atoms with van der Waals surface area (Å²) in [6, 6.07) is 6.42. The minimum atomic E-state index is -0.276. The van der Waals surface area contributed by atoms with E-state index in [-0.39, 0.29) is 5.82 Å². The second-order valence-corrected chi connectivity index (χ2v) is 3.51. The van der Waals surface area contributed by atoms with Gasteiger partial charge >= 0.3 is 6.01 Å². The highest BCUT2D eigenvalue weighted by Crippen LogP contribution is 2.20. The number of rotatable bonds is 3. The smallest absolute Gasteiger partial charge is 0.302 e. The van der Waals surface area contributed by atoms with Crippen molar-refractivity contribution in [2.45, 2.75) is 20.4 Å². The fraction of sp³-hybridized carbons (Fsp3) is 0.250. The Kier molecular flexibility index (Phi) is 2.90. The summed E-state index contributed by atoms with van der Waals surface area (Å²) in [5, 5.41) is 0. The van der Waals surface area contributed by atoms with E-state index in [0.29, 0.717) is 11.8 Å². The molecule has 16 heavy (non-hydrogen) atoms. The maximum atomic E-state index is 12.7. The van der Waals surface area contributed by atoms with Crippen LogP contribution in [0.4, 0.5) is 4.39 Å². The largest absolute Gasteiger partial charge is 0.426 e. The first-order chi connectivity index (χ1) is 7.69. The number of imidazole rings is 1. The van der Waals surface area contributed by atoms with E-state index >= 15 is 0 Å². The topological polar surface area (TPSA) is 27.1 Å². The molecule has 0 bridgehead atoms. The summed E-state index contributed by atoms with van der Waals surface area (Å²) in [5.41, 5.74) is 0.902. The van der Waals surface area contributed by atoms with Crippen LogP contribution in [0.25, 0.3) is 0 Å². The molecule has 0 N–H and O–H groups in total. The summed E-state index contributed by atoms with van der Waals surface area (Å²) in [7, 11) is 0. The van der Waals surface area contributed by atoms with Crippen molar-refractivity contribution >= 4 is 0 Å². The molecule has 84 valence electrons. The monoisotopic (exact) mass is 220 g/mol. The van der Waals surface area contributed by atoms with E-state index in [1.165, 1.54) is 12.1 Å². The van der Waals surface area contributed by atoms with Gasteiger partial charge in [0.05, 0.1) is 5.69 Å². The first-order valence-electron chi connectivity index (χ1n) is 5.16. The van der Waals surface area contributed by atoms with Crippen LogP contribution in [0.3, 0.4) is 0 Å². The molecular weight excluding hydrogens is 207 g/mol. The van der Waals surface area contributed by atoms with Crippen LogP contribution in [0.5, 0.6) is 11.8 Å². The summed E-state index contributed by atoms with van der Waals surface area (Å²) in [6.45, 7) is 4.71. The van der Waals surface area contributed by atoms with Gasteiger partial charge in [0.1, 0.15) is 11.6 Å². The van der Waals surface area contributed by atoms with Crippen LogP contribution < -0.4 is 4.74 Å². The summed E-state index contributed by atoms with van der Waals surface area (Å²) in [4.78, 5) is 4.25. The van der Waals surface area contributed by atoms with Gasteiger partial charge < -0.3 is 9.30 Å². The van der Waals surface area contributed by atoms with E-state index in [1.807, 2.05) is 24.6 Å². The first-order valence-corrected chi connectivity index (χ1v) is 5.16. The first kappa shape index (κ1) is 10.7. The number of benzene rings is 1. The second-order valence-electron chi connectivity index (χ2n) is 3.51. The maximum Gasteiger partial charge on any atom is 0.302 e. The Morgan fingerprint density at radius 2 is 2.00 bits per heavy atom. The summed E-state index contributed by atoms with van der Waals surface area (Å²) in [6.07, 6.45) is 1.92. The second kappa shape index (κ2) is 4.35. The molecule has 0 fully saturated rings. The van der Waals surface area contributed by atoms with Crippen LogP contribution in [0, 0.1) is 12.7 Å². The number of nitrogens with zero attached hydrogens (tertiary/aromatic N) is 2. The van der Waals surface area contributed by atoms with Crippen LogP contribution in [0.2, 0.25) is 0 Å². The predicted molar refractivity (Wildman–Crippen MR) is 59.1 cm³/mol. The van der Waals surface area contributed by atoms with Gasteiger partial charge in [0.15, 0.2) is 0 Å². The number of ether oxygens (including phenoxy) is 1. The van der Waals surface area contributed by atoms with Gasteiger partial charge in [-0.3, -0.25) is 0 Å². The summed E-state index contributed by atoms with van der Waals surface area (Å²) in [5.74, 6) is 0.309. The Bertz CT molecular complexity index is 476. The van der Waals surface area contributed by atoms with Crippen molar-refractivity contribution in [3.63, 3.8) is 0 Å². The highest BCUT2D eigenvalue weighted by atomic mass is 19.1. The van der Waals surface area contributed by atoms with E-state index in [2.05, 4.69) is 4.98 Å². The van der Waals surface area contributed by atoms with Gasteiger partial charge in [-0.25, -0.2) is 9.37 Å². The molecule has 0 unspecified atom stereocenters. The average Bonchev–Trinajstić information content (AvgIpc) is 2.62. The molecule has 1 heterocycles. The van der Waals surface area contributed by atoms with Crippen LogP contribution in [0.1, 0.15) is 12.6 Å². The highest BCUT2D eigenvalue weighted by molar-refractivity contribution is 5.25. The zero-order valence-electron chi connectivity index (χ0n) is 9.27. The third-order valence-electron chi connectivity index (χ3n) is 2.22. The zero-order valence-corrected chi connectivity index (χ0v) is 9.27. The van der Waals surface area contributed by atoms with Crippen LogP contribution in [0.15, 0.2) is 30.5 Å². The molecule has 0 saturated carbocycles. The Balaban J connectivity index is 2.22. The molecule has 0 spiro atoms. The average molecular weight is 220 g/mol. The lowest BCUT2D eigenvalue weighted by Crippen LogP contribution is -1.97. The van der Waals surface area contributed by atoms with E-state index in [0.717, 1.165) is 12.2 Å². The summed E-state index contributed by atoms with van der Waals surface area (Å²) < 4.78 is 20.2. The SMILES string of the molecule is CCn1cc(C)nc1Oc1ccc(F)cc1. The van der Waals surface area contributed by atoms with Crippen molar-refractivity contribution in [2.24, 2.45) is 0 Å². The molecule has 0 aliphatic carbocycles. The fourth-order valence-electron chi connectivity index (χ4n) is 1.44. The van der Waals surface area contributed by atoms with Crippen LogP contribution in [-0.2, 0) is 6.54 Å². The predicted octanol–water partition coefficient (Wildman–Crippen LogP) is 3.14. The van der Waals surface area contributed by atoms with Crippen molar-refractivity contribution in [2.75, 3.05) is 0 Å². The summed E-state index contributed by atoms with van der Waals surface area (Å²) >= 11 is 0. The van der Waals surface area contributed by atoms with E-state index in [4.69, 9.17) is 4.74 Å². The zero-order chi connectivity index (χ0) is 11.5. The lowest BCUT2D eigenvalue weighted by molar-refractivity contribution is 0.414. The number of halogens is 1. The Hall–Kier alpha value is -1.84. The molecule has 1 aromatic heterocycles. The van der Waals surface area contributed by atoms with Crippen molar-refractivity contribution in [3.8, 4) is 11.8 Å². The van der Waals surface area contributed by atoms with Crippen molar-refractivity contribution in [1.29, 1.82) is 0 Å². The van der Waals surface area contributed by atoms with Gasteiger partial charge in [-0.1, -0.05) is 0 Å². The molecule has 0 saturated heterocycles. The molecule has 0 radical (unpaired) electrons. The molecule has 2 aromatic rings. The minimum absolute atomic E-state index is 0.276. The molecule has 0 amide bonds. The van der Waals surface area contributed by atoms with Crippen molar-refractivity contribution < 1.29 is 9.13 Å². The number of aromatic nitrogens is 2. The Morgan fingerprint density at radius 1 is 1.31 bits per heavy atom. The van der Waals surface area contributed by atoms with Crippen LogP contribution >= 0.6 is 0 Å². The van der Waals surface area contributed by atoms with Gasteiger partial charge in [-0.05, 0) is 38.1 Å². The molecule has 4 heteroatoms. The molecule has 0 aliphatic rings. The van der Waals surface area contributed by atoms with E-state index < -0.39 is 0 Å². The molecule has 0 aliphatic heterocycles. The van der Waals surface area contributed by atoms with Gasteiger partial charge in [0, 0.05) is 12.7 Å². The van der Waals surface area contributed by atoms with Crippen LogP contribution in [-0.4, -0.2) is 9.55 Å². The van der Waals surface area contributed by atoms with Gasteiger partial charge in [-0.2, -0.15) is 0 Å². The number of hydrogen-bond acceptors (Lipinski definition) is 2. The fourth-order valence-corrected chi connectivity index (χ4v) is 1.44. The molecule has 1 aromatic carbocycles. The molecule has 2 rings (SSSR count). The lowest BCUT2D eigenvalue weighted by Gasteiger charge is -2.05. The standard InChI is InChI=1S/C12H13FN2O/c1-3-15-8-9(2)14-12(15)16-11-6-4-10(13)5-7-11/h4-8H,3H2,1-2H3. The normalized spacial score (nSPS) is 10.4. The molecule has 0 atom stereocenters. The van der Waals surface area contributed by atoms with Gasteiger partial charge in [-0.15, -0.1) is 0 Å².